The van der Waals surface area contributed by atoms with Crippen LogP contribution in [0.2, 0.25) is 0 Å². The maximum absolute atomic E-state index is 5.77. The standard InChI is InChI=1S/C16H21N5O2/c1-10(2)13-14(18-5-4-17-13)21-6-12-7-22-9-16(12,8-21)15-20-19-11(3)23-15/h4-5,10,12H,6-9H2,1-3H3/t12-,16-/m0/s1. The molecular formula is C16H21N5O2. The summed E-state index contributed by atoms with van der Waals surface area (Å²) in [5, 5.41) is 8.30. The Morgan fingerprint density at radius 1 is 1.26 bits per heavy atom. The van der Waals surface area contributed by atoms with Crippen LogP contribution in [-0.2, 0) is 10.2 Å². The van der Waals surface area contributed by atoms with E-state index in [4.69, 9.17) is 9.15 Å². The number of aromatic nitrogens is 4. The van der Waals surface area contributed by atoms with E-state index in [9.17, 15) is 0 Å². The lowest BCUT2D eigenvalue weighted by Crippen LogP contribution is -2.36. The summed E-state index contributed by atoms with van der Waals surface area (Å²) in [6.45, 7) is 9.10. The van der Waals surface area contributed by atoms with Gasteiger partial charge in [-0.05, 0) is 5.92 Å². The Morgan fingerprint density at radius 3 is 2.83 bits per heavy atom. The molecule has 0 N–H and O–H groups in total. The van der Waals surface area contributed by atoms with E-state index in [2.05, 4.69) is 38.9 Å². The molecule has 0 bridgehead atoms. The molecule has 2 aromatic rings. The van der Waals surface area contributed by atoms with Crippen LogP contribution in [0.1, 0.15) is 37.2 Å². The van der Waals surface area contributed by atoms with E-state index in [0.717, 1.165) is 31.2 Å². The van der Waals surface area contributed by atoms with Crippen molar-refractivity contribution in [2.24, 2.45) is 5.92 Å². The molecule has 7 nitrogen and oxygen atoms in total. The summed E-state index contributed by atoms with van der Waals surface area (Å²) in [5.41, 5.74) is 0.804. The lowest BCUT2D eigenvalue weighted by molar-refractivity contribution is 0.166. The molecule has 2 fully saturated rings. The number of hydrogen-bond acceptors (Lipinski definition) is 7. The summed E-state index contributed by atoms with van der Waals surface area (Å²) < 4.78 is 11.5. The van der Waals surface area contributed by atoms with Gasteiger partial charge in [0, 0.05) is 38.3 Å². The SMILES string of the molecule is Cc1nnc([C@@]23COC[C@@H]2CN(c2nccnc2C(C)C)C3)o1. The second-order valence-electron chi connectivity index (χ2n) is 6.79. The third-order valence-electron chi connectivity index (χ3n) is 4.88. The Balaban J connectivity index is 1.70. The number of hydrogen-bond donors (Lipinski definition) is 0. The average Bonchev–Trinajstić information content (AvgIpc) is 3.20. The summed E-state index contributed by atoms with van der Waals surface area (Å²) in [6.07, 6.45) is 3.52. The summed E-state index contributed by atoms with van der Waals surface area (Å²) in [7, 11) is 0. The van der Waals surface area contributed by atoms with Crippen LogP contribution >= 0.6 is 0 Å². The molecule has 0 unspecified atom stereocenters. The van der Waals surface area contributed by atoms with Crippen molar-refractivity contribution in [2.45, 2.75) is 32.1 Å². The highest BCUT2D eigenvalue weighted by atomic mass is 16.5. The van der Waals surface area contributed by atoms with Gasteiger partial charge >= 0.3 is 0 Å². The van der Waals surface area contributed by atoms with E-state index in [1.54, 1.807) is 12.4 Å². The Kier molecular flexibility index (Phi) is 3.33. The predicted molar refractivity (Wildman–Crippen MR) is 83.4 cm³/mol. The molecular weight excluding hydrogens is 294 g/mol. The van der Waals surface area contributed by atoms with Gasteiger partial charge in [0.2, 0.25) is 11.8 Å². The van der Waals surface area contributed by atoms with Gasteiger partial charge in [0.05, 0.1) is 24.3 Å². The fourth-order valence-corrected chi connectivity index (χ4v) is 3.69. The maximum Gasteiger partial charge on any atom is 0.227 e. The Hall–Kier alpha value is -2.02. The number of fused-ring (bicyclic) bond motifs is 1. The summed E-state index contributed by atoms with van der Waals surface area (Å²) >= 11 is 0. The predicted octanol–water partition coefficient (Wildman–Crippen LogP) is 1.70. The van der Waals surface area contributed by atoms with Crippen molar-refractivity contribution in [2.75, 3.05) is 31.2 Å². The van der Waals surface area contributed by atoms with Gasteiger partial charge in [-0.3, -0.25) is 4.98 Å². The van der Waals surface area contributed by atoms with Crippen LogP contribution in [0.3, 0.4) is 0 Å². The van der Waals surface area contributed by atoms with Gasteiger partial charge < -0.3 is 14.1 Å². The van der Waals surface area contributed by atoms with Crippen LogP contribution < -0.4 is 4.90 Å². The average molecular weight is 315 g/mol. The first kappa shape index (κ1) is 14.6. The normalized spacial score (nSPS) is 27.0. The zero-order chi connectivity index (χ0) is 16.0. The number of anilines is 1. The Morgan fingerprint density at radius 2 is 2.09 bits per heavy atom. The maximum atomic E-state index is 5.77. The molecule has 0 radical (unpaired) electrons. The van der Waals surface area contributed by atoms with Crippen molar-refractivity contribution in [3.8, 4) is 0 Å². The van der Waals surface area contributed by atoms with E-state index >= 15 is 0 Å². The molecule has 2 saturated heterocycles. The minimum Gasteiger partial charge on any atom is -0.425 e. The van der Waals surface area contributed by atoms with Crippen molar-refractivity contribution >= 4 is 5.82 Å². The highest BCUT2D eigenvalue weighted by Gasteiger charge is 2.56. The molecule has 0 aromatic carbocycles. The molecule has 0 aliphatic carbocycles. The van der Waals surface area contributed by atoms with E-state index < -0.39 is 0 Å². The van der Waals surface area contributed by atoms with Gasteiger partial charge in [0.15, 0.2) is 5.82 Å². The third-order valence-corrected chi connectivity index (χ3v) is 4.88. The minimum absolute atomic E-state index is 0.229. The second kappa shape index (κ2) is 5.26. The first-order valence-electron chi connectivity index (χ1n) is 8.04. The first-order valence-corrected chi connectivity index (χ1v) is 8.04. The smallest absolute Gasteiger partial charge is 0.227 e. The van der Waals surface area contributed by atoms with Gasteiger partial charge in [0.25, 0.3) is 0 Å². The van der Waals surface area contributed by atoms with E-state index in [1.165, 1.54) is 0 Å². The van der Waals surface area contributed by atoms with Gasteiger partial charge in [-0.1, -0.05) is 13.8 Å². The van der Waals surface area contributed by atoms with Crippen LogP contribution in [0.25, 0.3) is 0 Å². The second-order valence-corrected chi connectivity index (χ2v) is 6.79. The quantitative estimate of drug-likeness (QED) is 0.853. The van der Waals surface area contributed by atoms with Crippen LogP contribution in [0, 0.1) is 12.8 Å². The molecule has 2 aliphatic rings. The summed E-state index contributed by atoms with van der Waals surface area (Å²) in [6, 6.07) is 0. The molecule has 122 valence electrons. The van der Waals surface area contributed by atoms with E-state index in [1.807, 2.05) is 6.92 Å². The molecule has 23 heavy (non-hydrogen) atoms. The molecule has 4 rings (SSSR count). The van der Waals surface area contributed by atoms with Gasteiger partial charge in [-0.2, -0.15) is 0 Å². The Bertz CT molecular complexity index is 716. The number of ether oxygens (including phenoxy) is 1. The van der Waals surface area contributed by atoms with Crippen molar-refractivity contribution in [3.63, 3.8) is 0 Å². The lowest BCUT2D eigenvalue weighted by Gasteiger charge is -2.25. The van der Waals surface area contributed by atoms with Gasteiger partial charge in [-0.25, -0.2) is 4.98 Å². The topological polar surface area (TPSA) is 77.2 Å². The highest BCUT2D eigenvalue weighted by Crippen LogP contribution is 2.45. The molecule has 0 amide bonds. The number of nitrogens with zero attached hydrogens (tertiary/aromatic N) is 5. The Labute approximate surface area is 135 Å². The van der Waals surface area contributed by atoms with E-state index in [0.29, 0.717) is 30.2 Å². The van der Waals surface area contributed by atoms with E-state index in [-0.39, 0.29) is 5.41 Å². The molecule has 0 spiro atoms. The van der Waals surface area contributed by atoms with Crippen LogP contribution in [-0.4, -0.2) is 46.5 Å². The van der Waals surface area contributed by atoms with Crippen LogP contribution in [0.15, 0.2) is 16.8 Å². The molecule has 4 heterocycles. The fourth-order valence-electron chi connectivity index (χ4n) is 3.69. The summed E-state index contributed by atoms with van der Waals surface area (Å²) in [5.74, 6) is 2.92. The van der Waals surface area contributed by atoms with Gasteiger partial charge in [-0.15, -0.1) is 10.2 Å². The van der Waals surface area contributed by atoms with Crippen molar-refractivity contribution in [3.05, 3.63) is 29.9 Å². The largest absolute Gasteiger partial charge is 0.425 e. The van der Waals surface area contributed by atoms with Crippen LogP contribution in [0.5, 0.6) is 0 Å². The molecule has 0 saturated carbocycles. The molecule has 2 aromatic heterocycles. The zero-order valence-corrected chi connectivity index (χ0v) is 13.7. The van der Waals surface area contributed by atoms with Crippen LogP contribution in [0.4, 0.5) is 5.82 Å². The summed E-state index contributed by atoms with van der Waals surface area (Å²) in [4.78, 5) is 11.4. The number of aryl methyl sites for hydroxylation is 1. The number of rotatable bonds is 3. The monoisotopic (exact) mass is 315 g/mol. The molecule has 7 heteroatoms. The first-order chi connectivity index (χ1) is 11.1. The fraction of sp³-hybridized carbons (Fsp3) is 0.625. The third kappa shape index (κ3) is 2.22. The highest BCUT2D eigenvalue weighted by molar-refractivity contribution is 5.48. The van der Waals surface area contributed by atoms with Crippen molar-refractivity contribution < 1.29 is 9.15 Å². The minimum atomic E-state index is -0.229. The lowest BCUT2D eigenvalue weighted by atomic mass is 9.81. The molecule has 2 aliphatic heterocycles. The molecule has 2 atom stereocenters. The zero-order valence-electron chi connectivity index (χ0n) is 13.7. The van der Waals surface area contributed by atoms with Crippen molar-refractivity contribution in [1.29, 1.82) is 0 Å². The van der Waals surface area contributed by atoms with Crippen molar-refractivity contribution in [1.82, 2.24) is 20.2 Å². The van der Waals surface area contributed by atoms with Gasteiger partial charge in [0.1, 0.15) is 0 Å².